The number of aromatic nitrogens is 2. The Morgan fingerprint density at radius 3 is 2.66 bits per heavy atom. The standard InChI is InChI=1S/C23H26N4O.ClH/c1-15-11-12-20(16(2)13-15)27-21-10-6-9-18(21)22(26-27)23(28)25-14-19(24)17-7-4-3-5-8-17;/h3-5,7-8,11-13,19H,6,9-10,14,24H2,1-2H3,(H,25,28);1H. The molecule has 1 aromatic heterocycles. The molecule has 29 heavy (non-hydrogen) atoms. The number of hydrogen-bond acceptors (Lipinski definition) is 3. The second kappa shape index (κ2) is 8.80. The fraction of sp³-hybridized carbons (Fsp3) is 0.304. The predicted octanol–water partition coefficient (Wildman–Crippen LogP) is 3.83. The monoisotopic (exact) mass is 410 g/mol. The van der Waals surface area contributed by atoms with Gasteiger partial charge < -0.3 is 11.1 Å². The lowest BCUT2D eigenvalue weighted by atomic mass is 10.1. The molecule has 1 aliphatic rings. The van der Waals surface area contributed by atoms with Gasteiger partial charge in [0.05, 0.1) is 5.69 Å². The second-order valence-electron chi connectivity index (χ2n) is 7.56. The van der Waals surface area contributed by atoms with Gasteiger partial charge in [-0.3, -0.25) is 4.79 Å². The minimum Gasteiger partial charge on any atom is -0.349 e. The highest BCUT2D eigenvalue weighted by molar-refractivity contribution is 5.94. The number of benzene rings is 2. The van der Waals surface area contributed by atoms with Crippen molar-refractivity contribution < 1.29 is 4.79 Å². The van der Waals surface area contributed by atoms with Crippen molar-refractivity contribution in [3.05, 3.63) is 82.2 Å². The minimum absolute atomic E-state index is 0. The third-order valence-corrected chi connectivity index (χ3v) is 5.44. The molecular formula is C23H27ClN4O. The minimum atomic E-state index is -0.236. The first-order valence-corrected chi connectivity index (χ1v) is 9.81. The van der Waals surface area contributed by atoms with E-state index in [0.29, 0.717) is 12.2 Å². The normalized spacial score (nSPS) is 13.5. The molecule has 3 aromatic rings. The summed E-state index contributed by atoms with van der Waals surface area (Å²) in [5.41, 5.74) is 13.4. The SMILES string of the molecule is Cc1ccc(-n2nc(C(=O)NCC(N)c3ccccc3)c3c2CCC3)c(C)c1.Cl. The Labute approximate surface area is 177 Å². The zero-order valence-corrected chi connectivity index (χ0v) is 17.6. The summed E-state index contributed by atoms with van der Waals surface area (Å²) in [5, 5.41) is 7.68. The first-order valence-electron chi connectivity index (χ1n) is 9.81. The molecule has 0 fully saturated rings. The molecule has 1 amide bonds. The highest BCUT2D eigenvalue weighted by atomic mass is 35.5. The summed E-state index contributed by atoms with van der Waals surface area (Å²) in [5.74, 6) is -0.145. The van der Waals surface area contributed by atoms with Crippen molar-refractivity contribution in [2.24, 2.45) is 5.73 Å². The molecule has 0 aliphatic heterocycles. The number of fused-ring (bicyclic) bond motifs is 1. The number of carbonyl (C=O) groups is 1. The van der Waals surface area contributed by atoms with Crippen LogP contribution >= 0.6 is 12.4 Å². The summed E-state index contributed by atoms with van der Waals surface area (Å²) in [4.78, 5) is 12.9. The fourth-order valence-electron chi connectivity index (χ4n) is 3.97. The largest absolute Gasteiger partial charge is 0.349 e. The average molecular weight is 411 g/mol. The van der Waals surface area contributed by atoms with E-state index in [1.54, 1.807) is 0 Å². The predicted molar refractivity (Wildman–Crippen MR) is 118 cm³/mol. The lowest BCUT2D eigenvalue weighted by Crippen LogP contribution is -2.32. The molecule has 5 nitrogen and oxygen atoms in total. The topological polar surface area (TPSA) is 72.9 Å². The van der Waals surface area contributed by atoms with Crippen LogP contribution in [0.1, 0.15) is 50.9 Å². The highest BCUT2D eigenvalue weighted by Crippen LogP contribution is 2.29. The van der Waals surface area contributed by atoms with Crippen LogP contribution < -0.4 is 11.1 Å². The molecular weight excluding hydrogens is 384 g/mol. The number of rotatable bonds is 5. The number of amides is 1. The van der Waals surface area contributed by atoms with Crippen molar-refractivity contribution in [3.8, 4) is 5.69 Å². The smallest absolute Gasteiger partial charge is 0.272 e. The van der Waals surface area contributed by atoms with Gasteiger partial charge in [-0.05, 0) is 50.3 Å². The third kappa shape index (κ3) is 4.21. The van der Waals surface area contributed by atoms with Crippen LogP contribution in [0.5, 0.6) is 0 Å². The van der Waals surface area contributed by atoms with Crippen LogP contribution in [0.15, 0.2) is 48.5 Å². The van der Waals surface area contributed by atoms with Crippen molar-refractivity contribution in [2.45, 2.75) is 39.2 Å². The van der Waals surface area contributed by atoms with Crippen molar-refractivity contribution in [1.29, 1.82) is 0 Å². The van der Waals surface area contributed by atoms with E-state index < -0.39 is 0 Å². The zero-order valence-electron chi connectivity index (χ0n) is 16.8. The van der Waals surface area contributed by atoms with E-state index in [1.807, 2.05) is 35.0 Å². The van der Waals surface area contributed by atoms with Gasteiger partial charge in [0.1, 0.15) is 0 Å². The van der Waals surface area contributed by atoms with Gasteiger partial charge in [0.15, 0.2) is 5.69 Å². The number of aryl methyl sites for hydroxylation is 2. The maximum absolute atomic E-state index is 12.9. The van der Waals surface area contributed by atoms with Gasteiger partial charge in [-0.25, -0.2) is 4.68 Å². The van der Waals surface area contributed by atoms with E-state index in [-0.39, 0.29) is 24.4 Å². The first-order chi connectivity index (χ1) is 13.5. The van der Waals surface area contributed by atoms with Crippen molar-refractivity contribution in [2.75, 3.05) is 6.54 Å². The van der Waals surface area contributed by atoms with Crippen LogP contribution in [-0.4, -0.2) is 22.2 Å². The van der Waals surface area contributed by atoms with Gasteiger partial charge >= 0.3 is 0 Å². The summed E-state index contributed by atoms with van der Waals surface area (Å²) in [6.07, 6.45) is 2.90. The molecule has 0 saturated carbocycles. The summed E-state index contributed by atoms with van der Waals surface area (Å²) < 4.78 is 1.96. The van der Waals surface area contributed by atoms with Gasteiger partial charge in [0.25, 0.3) is 5.91 Å². The molecule has 152 valence electrons. The molecule has 6 heteroatoms. The Balaban J connectivity index is 0.00000240. The van der Waals surface area contributed by atoms with Crippen molar-refractivity contribution in [3.63, 3.8) is 0 Å². The Hall–Kier alpha value is -2.63. The van der Waals surface area contributed by atoms with Gasteiger partial charge in [-0.1, -0.05) is 48.0 Å². The molecule has 0 bridgehead atoms. The molecule has 1 heterocycles. The third-order valence-electron chi connectivity index (χ3n) is 5.44. The van der Waals surface area contributed by atoms with Crippen LogP contribution in [0.2, 0.25) is 0 Å². The van der Waals surface area contributed by atoms with E-state index in [4.69, 9.17) is 10.8 Å². The van der Waals surface area contributed by atoms with Crippen LogP contribution in [0, 0.1) is 13.8 Å². The Kier molecular flexibility index (Phi) is 6.40. The molecule has 0 spiro atoms. The van der Waals surface area contributed by atoms with Crippen LogP contribution in [0.4, 0.5) is 0 Å². The van der Waals surface area contributed by atoms with Gasteiger partial charge in [0, 0.05) is 23.8 Å². The van der Waals surface area contributed by atoms with Crippen molar-refractivity contribution >= 4 is 18.3 Å². The summed E-state index contributed by atoms with van der Waals surface area (Å²) in [6.45, 7) is 4.55. The molecule has 0 radical (unpaired) electrons. The number of nitrogens with zero attached hydrogens (tertiary/aromatic N) is 2. The fourth-order valence-corrected chi connectivity index (χ4v) is 3.97. The van der Waals surface area contributed by atoms with E-state index in [2.05, 4.69) is 37.4 Å². The summed E-state index contributed by atoms with van der Waals surface area (Å²) >= 11 is 0. The lowest BCUT2D eigenvalue weighted by Gasteiger charge is -2.13. The van der Waals surface area contributed by atoms with Crippen molar-refractivity contribution in [1.82, 2.24) is 15.1 Å². The maximum atomic E-state index is 12.9. The van der Waals surface area contributed by atoms with Gasteiger partial charge in [-0.2, -0.15) is 5.10 Å². The van der Waals surface area contributed by atoms with Gasteiger partial charge in [0.2, 0.25) is 0 Å². The molecule has 1 aliphatic carbocycles. The molecule has 1 unspecified atom stereocenters. The first kappa shape index (κ1) is 21.1. The average Bonchev–Trinajstić information content (AvgIpc) is 3.30. The van der Waals surface area contributed by atoms with Crippen LogP contribution in [-0.2, 0) is 12.8 Å². The van der Waals surface area contributed by atoms with E-state index >= 15 is 0 Å². The Morgan fingerprint density at radius 2 is 1.93 bits per heavy atom. The quantitative estimate of drug-likeness (QED) is 0.671. The van der Waals surface area contributed by atoms with E-state index in [1.165, 1.54) is 5.56 Å². The number of nitrogens with one attached hydrogen (secondary N) is 1. The molecule has 4 rings (SSSR count). The van der Waals surface area contributed by atoms with Crippen LogP contribution in [0.25, 0.3) is 5.69 Å². The Bertz CT molecular complexity index is 1010. The summed E-state index contributed by atoms with van der Waals surface area (Å²) in [7, 11) is 0. The molecule has 3 N–H and O–H groups in total. The molecule has 1 atom stereocenters. The molecule has 0 saturated heterocycles. The van der Waals surface area contributed by atoms with E-state index in [0.717, 1.165) is 47.3 Å². The van der Waals surface area contributed by atoms with Gasteiger partial charge in [-0.15, -0.1) is 12.4 Å². The van der Waals surface area contributed by atoms with E-state index in [9.17, 15) is 4.79 Å². The summed E-state index contributed by atoms with van der Waals surface area (Å²) in [6, 6.07) is 15.9. The number of hydrogen-bond donors (Lipinski definition) is 2. The number of carbonyl (C=O) groups excluding carboxylic acids is 1. The highest BCUT2D eigenvalue weighted by Gasteiger charge is 2.27. The Morgan fingerprint density at radius 1 is 1.17 bits per heavy atom. The zero-order chi connectivity index (χ0) is 19.7. The van der Waals surface area contributed by atoms with Crippen LogP contribution in [0.3, 0.4) is 0 Å². The second-order valence-corrected chi connectivity index (χ2v) is 7.56. The number of halogens is 1. The lowest BCUT2D eigenvalue weighted by molar-refractivity contribution is 0.0945. The number of nitrogens with two attached hydrogens (primary N) is 1. The molecule has 2 aromatic carbocycles. The maximum Gasteiger partial charge on any atom is 0.272 e.